The lowest BCUT2D eigenvalue weighted by molar-refractivity contribution is -0.137. The second kappa shape index (κ2) is 4.94. The molecular formula is C12H11ClF3N3. The zero-order valence-electron chi connectivity index (χ0n) is 10.0. The van der Waals surface area contributed by atoms with Crippen molar-refractivity contribution in [3.63, 3.8) is 0 Å². The summed E-state index contributed by atoms with van der Waals surface area (Å²) < 4.78 is 37.9. The van der Waals surface area contributed by atoms with Crippen LogP contribution in [-0.2, 0) is 12.6 Å². The van der Waals surface area contributed by atoms with Crippen molar-refractivity contribution in [1.82, 2.24) is 9.97 Å². The Labute approximate surface area is 112 Å². The number of hydrogen-bond donors (Lipinski definition) is 1. The summed E-state index contributed by atoms with van der Waals surface area (Å²) in [6, 6.07) is 3.15. The molecule has 1 atom stereocenters. The molecule has 1 unspecified atom stereocenters. The van der Waals surface area contributed by atoms with Gasteiger partial charge in [-0.15, -0.1) is 0 Å². The predicted octanol–water partition coefficient (Wildman–Crippen LogP) is 3.19. The highest BCUT2D eigenvalue weighted by molar-refractivity contribution is 6.28. The zero-order valence-corrected chi connectivity index (χ0v) is 10.8. The van der Waals surface area contributed by atoms with E-state index >= 15 is 0 Å². The van der Waals surface area contributed by atoms with Gasteiger partial charge in [-0.3, -0.25) is 0 Å². The zero-order chi connectivity index (χ0) is 14.2. The van der Waals surface area contributed by atoms with Crippen molar-refractivity contribution in [2.75, 3.05) is 0 Å². The van der Waals surface area contributed by atoms with Crippen LogP contribution in [-0.4, -0.2) is 16.0 Å². The first-order chi connectivity index (χ1) is 8.77. The van der Waals surface area contributed by atoms with E-state index < -0.39 is 11.7 Å². The summed E-state index contributed by atoms with van der Waals surface area (Å²) in [6.45, 7) is 1.78. The minimum atomic E-state index is -4.41. The van der Waals surface area contributed by atoms with Gasteiger partial charge in [-0.1, -0.05) is 6.07 Å². The van der Waals surface area contributed by atoms with Crippen LogP contribution in [0.1, 0.15) is 18.2 Å². The summed E-state index contributed by atoms with van der Waals surface area (Å²) in [5, 5.41) is 0.456. The van der Waals surface area contributed by atoms with Gasteiger partial charge in [0, 0.05) is 17.8 Å². The molecular weight excluding hydrogens is 279 g/mol. The Kier molecular flexibility index (Phi) is 3.64. The summed E-state index contributed by atoms with van der Waals surface area (Å²) in [5.41, 5.74) is 5.64. The molecule has 0 fully saturated rings. The van der Waals surface area contributed by atoms with Crippen molar-refractivity contribution in [3.05, 3.63) is 34.7 Å². The van der Waals surface area contributed by atoms with Crippen LogP contribution in [0.2, 0.25) is 5.28 Å². The lowest BCUT2D eigenvalue weighted by atomic mass is 10.1. The van der Waals surface area contributed by atoms with Crippen LogP contribution in [0.4, 0.5) is 13.2 Å². The van der Waals surface area contributed by atoms with Crippen molar-refractivity contribution >= 4 is 22.5 Å². The summed E-state index contributed by atoms with van der Waals surface area (Å²) >= 11 is 5.73. The van der Waals surface area contributed by atoms with Crippen molar-refractivity contribution in [2.24, 2.45) is 5.73 Å². The maximum atomic E-state index is 12.6. The topological polar surface area (TPSA) is 51.8 Å². The number of fused-ring (bicyclic) bond motifs is 1. The fourth-order valence-corrected chi connectivity index (χ4v) is 1.99. The fourth-order valence-electron chi connectivity index (χ4n) is 1.80. The smallest absolute Gasteiger partial charge is 0.328 e. The minimum Gasteiger partial charge on any atom is -0.328 e. The normalized spacial score (nSPS) is 13.8. The highest BCUT2D eigenvalue weighted by Gasteiger charge is 2.30. The number of hydrogen-bond acceptors (Lipinski definition) is 3. The Balaban J connectivity index is 2.61. The van der Waals surface area contributed by atoms with Crippen molar-refractivity contribution in [3.8, 4) is 0 Å². The Morgan fingerprint density at radius 2 is 2.00 bits per heavy atom. The average molecular weight is 290 g/mol. The van der Waals surface area contributed by atoms with E-state index in [-0.39, 0.29) is 16.8 Å². The molecule has 1 aromatic carbocycles. The third-order valence-electron chi connectivity index (χ3n) is 2.59. The molecule has 0 aliphatic carbocycles. The molecule has 0 bridgehead atoms. The molecule has 0 aliphatic rings. The molecule has 0 aliphatic heterocycles. The van der Waals surface area contributed by atoms with Crippen LogP contribution < -0.4 is 5.73 Å². The summed E-state index contributed by atoms with van der Waals surface area (Å²) in [4.78, 5) is 7.86. The van der Waals surface area contributed by atoms with Crippen molar-refractivity contribution < 1.29 is 13.2 Å². The maximum absolute atomic E-state index is 12.6. The van der Waals surface area contributed by atoms with Gasteiger partial charge in [0.05, 0.1) is 16.8 Å². The molecule has 2 rings (SSSR count). The Bertz CT molecular complexity index is 611. The van der Waals surface area contributed by atoms with Gasteiger partial charge >= 0.3 is 6.18 Å². The number of benzene rings is 1. The van der Waals surface area contributed by atoms with Gasteiger partial charge < -0.3 is 5.73 Å². The molecule has 19 heavy (non-hydrogen) atoms. The fraction of sp³-hybridized carbons (Fsp3) is 0.333. The van der Waals surface area contributed by atoms with Gasteiger partial charge in [0.15, 0.2) is 0 Å². The number of alkyl halides is 3. The molecule has 0 spiro atoms. The molecule has 2 N–H and O–H groups in total. The molecule has 7 heteroatoms. The van der Waals surface area contributed by atoms with Crippen molar-refractivity contribution in [1.29, 1.82) is 0 Å². The van der Waals surface area contributed by atoms with Crippen LogP contribution in [0, 0.1) is 0 Å². The van der Waals surface area contributed by atoms with E-state index in [0.717, 1.165) is 12.1 Å². The Morgan fingerprint density at radius 1 is 1.32 bits per heavy atom. The number of nitrogens with zero attached hydrogens (tertiary/aromatic N) is 2. The maximum Gasteiger partial charge on any atom is 0.416 e. The van der Waals surface area contributed by atoms with E-state index in [1.165, 1.54) is 6.07 Å². The molecule has 0 amide bonds. The largest absolute Gasteiger partial charge is 0.416 e. The highest BCUT2D eigenvalue weighted by atomic mass is 35.5. The Hall–Kier alpha value is -1.40. The summed E-state index contributed by atoms with van der Waals surface area (Å²) in [6.07, 6.45) is -3.99. The van der Waals surface area contributed by atoms with Gasteiger partial charge in [0.2, 0.25) is 5.28 Å². The quantitative estimate of drug-likeness (QED) is 0.864. The van der Waals surface area contributed by atoms with Gasteiger partial charge in [0.25, 0.3) is 0 Å². The van der Waals surface area contributed by atoms with Crippen LogP contribution in [0.5, 0.6) is 0 Å². The Morgan fingerprint density at radius 3 is 2.58 bits per heavy atom. The third kappa shape index (κ3) is 3.13. The summed E-state index contributed by atoms with van der Waals surface area (Å²) in [5.74, 6) is 0. The van der Waals surface area contributed by atoms with E-state index in [4.69, 9.17) is 17.3 Å². The van der Waals surface area contributed by atoms with Crippen LogP contribution in [0.15, 0.2) is 18.2 Å². The number of halogens is 4. The standard InChI is InChI=1S/C12H11ClF3N3/c1-6(17)4-9-8-3-2-7(12(14,15)16)5-10(8)19-11(13)18-9/h2-3,5-6H,4,17H2,1H3. The van der Waals surface area contributed by atoms with Gasteiger partial charge in [-0.05, 0) is 30.7 Å². The van der Waals surface area contributed by atoms with E-state index in [1.807, 2.05) is 0 Å². The first-order valence-electron chi connectivity index (χ1n) is 5.56. The molecule has 0 saturated heterocycles. The van der Waals surface area contributed by atoms with Gasteiger partial charge in [-0.2, -0.15) is 13.2 Å². The molecule has 1 aromatic heterocycles. The molecule has 1 heterocycles. The summed E-state index contributed by atoms with van der Waals surface area (Å²) in [7, 11) is 0. The molecule has 2 aromatic rings. The number of aromatic nitrogens is 2. The minimum absolute atomic E-state index is 0.0810. The van der Waals surface area contributed by atoms with E-state index in [1.54, 1.807) is 6.92 Å². The average Bonchev–Trinajstić information content (AvgIpc) is 2.25. The first-order valence-corrected chi connectivity index (χ1v) is 5.94. The van der Waals surface area contributed by atoms with Crippen molar-refractivity contribution in [2.45, 2.75) is 25.6 Å². The number of rotatable bonds is 2. The third-order valence-corrected chi connectivity index (χ3v) is 2.76. The lowest BCUT2D eigenvalue weighted by Gasteiger charge is -2.11. The molecule has 0 saturated carbocycles. The predicted molar refractivity (Wildman–Crippen MR) is 66.9 cm³/mol. The second-order valence-corrected chi connectivity index (χ2v) is 4.69. The lowest BCUT2D eigenvalue weighted by Crippen LogP contribution is -2.19. The number of nitrogens with two attached hydrogens (primary N) is 1. The van der Waals surface area contributed by atoms with E-state index in [0.29, 0.717) is 17.5 Å². The monoisotopic (exact) mass is 289 g/mol. The van der Waals surface area contributed by atoms with E-state index in [2.05, 4.69) is 9.97 Å². The van der Waals surface area contributed by atoms with Crippen LogP contribution >= 0.6 is 11.6 Å². The highest BCUT2D eigenvalue weighted by Crippen LogP contribution is 2.31. The SMILES string of the molecule is CC(N)Cc1nc(Cl)nc2cc(C(F)(F)F)ccc12. The van der Waals surface area contributed by atoms with Gasteiger partial charge in [0.1, 0.15) is 0 Å². The second-order valence-electron chi connectivity index (χ2n) is 4.35. The molecule has 3 nitrogen and oxygen atoms in total. The van der Waals surface area contributed by atoms with Crippen LogP contribution in [0.3, 0.4) is 0 Å². The molecule has 0 radical (unpaired) electrons. The first kappa shape index (κ1) is 14.0. The molecule has 102 valence electrons. The van der Waals surface area contributed by atoms with Crippen LogP contribution in [0.25, 0.3) is 10.9 Å². The van der Waals surface area contributed by atoms with Gasteiger partial charge in [-0.25, -0.2) is 9.97 Å². The van der Waals surface area contributed by atoms with E-state index in [9.17, 15) is 13.2 Å².